The van der Waals surface area contributed by atoms with Crippen LogP contribution in [0, 0.1) is 11.8 Å². The minimum Gasteiger partial charge on any atom is -0.496 e. The molecule has 2 heterocycles. The molecule has 1 amide bonds. The van der Waals surface area contributed by atoms with Crippen molar-refractivity contribution in [2.75, 3.05) is 20.3 Å². The normalized spacial score (nSPS) is 26.1. The molecule has 1 spiro atoms. The Morgan fingerprint density at radius 2 is 2.22 bits per heavy atom. The van der Waals surface area contributed by atoms with Crippen molar-refractivity contribution in [3.8, 4) is 17.6 Å². The highest BCUT2D eigenvalue weighted by Crippen LogP contribution is 2.41. The first-order valence-corrected chi connectivity index (χ1v) is 7.64. The highest BCUT2D eigenvalue weighted by molar-refractivity contribution is 6.33. The molecule has 6 heteroatoms. The number of amides is 1. The van der Waals surface area contributed by atoms with Crippen LogP contribution in [0.5, 0.6) is 5.75 Å². The fourth-order valence-corrected chi connectivity index (χ4v) is 3.46. The average Bonchev–Trinajstić information content (AvgIpc) is 3.07. The van der Waals surface area contributed by atoms with Crippen molar-refractivity contribution >= 4 is 23.3 Å². The molecule has 0 aromatic heterocycles. The number of ketones is 1. The van der Waals surface area contributed by atoms with Crippen molar-refractivity contribution in [2.24, 2.45) is 0 Å². The number of hydrogen-bond acceptors (Lipinski definition) is 4. The van der Waals surface area contributed by atoms with Crippen LogP contribution in [0.15, 0.2) is 12.1 Å². The Kier molecular flexibility index (Phi) is 4.05. The van der Waals surface area contributed by atoms with Crippen LogP contribution < -0.4 is 10.1 Å². The van der Waals surface area contributed by atoms with Gasteiger partial charge in [-0.1, -0.05) is 17.5 Å². The number of benzene rings is 1. The van der Waals surface area contributed by atoms with E-state index in [0.29, 0.717) is 34.9 Å². The summed E-state index contributed by atoms with van der Waals surface area (Å²) in [7, 11) is 1.48. The molecule has 120 valence electrons. The van der Waals surface area contributed by atoms with Crippen molar-refractivity contribution in [3.63, 3.8) is 0 Å². The van der Waals surface area contributed by atoms with Crippen LogP contribution in [-0.4, -0.2) is 37.6 Å². The van der Waals surface area contributed by atoms with Crippen LogP contribution in [0.2, 0.25) is 5.02 Å². The maximum absolute atomic E-state index is 12.9. The molecular weight excluding hydrogens is 318 g/mol. The van der Waals surface area contributed by atoms with E-state index in [-0.39, 0.29) is 18.3 Å². The summed E-state index contributed by atoms with van der Waals surface area (Å²) in [6, 6.07) is 3.33. The molecule has 3 rings (SSSR count). The lowest BCUT2D eigenvalue weighted by Crippen LogP contribution is -2.47. The van der Waals surface area contributed by atoms with E-state index in [9.17, 15) is 9.59 Å². The maximum Gasteiger partial charge on any atom is 0.236 e. The molecule has 0 aliphatic carbocycles. The lowest BCUT2D eigenvalue weighted by molar-refractivity contribution is -0.125. The number of carbonyl (C=O) groups is 2. The summed E-state index contributed by atoms with van der Waals surface area (Å²) in [6.45, 7) is 2.37. The standard InChI is InChI=1S/C17H16ClNO4/c1-3-4-10-7-11(18)13(12(8-10)22-2)14-15(20)17(19-16(14)21)5-6-23-9-17/h7-8,14H,5-6,9H2,1-2H3,(H,19,21). The molecule has 0 radical (unpaired) electrons. The third-order valence-corrected chi connectivity index (χ3v) is 4.56. The third-order valence-electron chi connectivity index (χ3n) is 4.25. The number of halogens is 1. The van der Waals surface area contributed by atoms with E-state index in [2.05, 4.69) is 17.2 Å². The molecule has 2 atom stereocenters. The third kappa shape index (κ3) is 2.48. The summed E-state index contributed by atoms with van der Waals surface area (Å²) < 4.78 is 10.7. The monoisotopic (exact) mass is 333 g/mol. The SMILES string of the molecule is CC#Cc1cc(Cl)c(C2C(=O)NC3(CCOC3)C2=O)c(OC)c1. The number of carbonyl (C=O) groups excluding carboxylic acids is 2. The second-order valence-corrected chi connectivity index (χ2v) is 6.03. The fourth-order valence-electron chi connectivity index (χ4n) is 3.14. The molecular formula is C17H16ClNO4. The van der Waals surface area contributed by atoms with Gasteiger partial charge in [0, 0.05) is 29.2 Å². The first kappa shape index (κ1) is 15.9. The fraction of sp³-hybridized carbons (Fsp3) is 0.412. The molecule has 2 fully saturated rings. The van der Waals surface area contributed by atoms with Gasteiger partial charge in [0.25, 0.3) is 0 Å². The predicted octanol–water partition coefficient (Wildman–Crippen LogP) is 1.66. The van der Waals surface area contributed by atoms with E-state index in [0.717, 1.165) is 0 Å². The van der Waals surface area contributed by atoms with E-state index < -0.39 is 11.5 Å². The van der Waals surface area contributed by atoms with Crippen LogP contribution in [0.3, 0.4) is 0 Å². The zero-order valence-electron chi connectivity index (χ0n) is 12.9. The Hall–Kier alpha value is -2.03. The van der Waals surface area contributed by atoms with Gasteiger partial charge in [-0.05, 0) is 19.1 Å². The van der Waals surface area contributed by atoms with Gasteiger partial charge in [0.1, 0.15) is 17.2 Å². The molecule has 0 bridgehead atoms. The summed E-state index contributed by atoms with van der Waals surface area (Å²) in [5.74, 6) is 4.50. The topological polar surface area (TPSA) is 64.6 Å². The van der Waals surface area contributed by atoms with Gasteiger partial charge in [0.2, 0.25) is 5.91 Å². The Morgan fingerprint density at radius 1 is 1.43 bits per heavy atom. The number of Topliss-reactive ketones (excluding diaryl/α,β-unsaturated/α-hetero) is 1. The van der Waals surface area contributed by atoms with Gasteiger partial charge in [0.05, 0.1) is 13.7 Å². The first-order valence-electron chi connectivity index (χ1n) is 7.26. The Bertz CT molecular complexity index is 741. The van der Waals surface area contributed by atoms with E-state index in [1.807, 2.05) is 0 Å². The average molecular weight is 334 g/mol. The number of hydrogen-bond donors (Lipinski definition) is 1. The highest BCUT2D eigenvalue weighted by atomic mass is 35.5. The van der Waals surface area contributed by atoms with Crippen molar-refractivity contribution in [1.82, 2.24) is 5.32 Å². The van der Waals surface area contributed by atoms with Crippen molar-refractivity contribution in [1.29, 1.82) is 0 Å². The summed E-state index contributed by atoms with van der Waals surface area (Å²) in [5, 5.41) is 3.09. The van der Waals surface area contributed by atoms with Crippen LogP contribution in [0.1, 0.15) is 30.4 Å². The lowest BCUT2D eigenvalue weighted by Gasteiger charge is -2.19. The van der Waals surface area contributed by atoms with E-state index in [4.69, 9.17) is 21.1 Å². The number of ether oxygens (including phenoxy) is 2. The molecule has 2 unspecified atom stereocenters. The molecule has 2 aliphatic rings. The second-order valence-electron chi connectivity index (χ2n) is 5.62. The van der Waals surface area contributed by atoms with Crippen LogP contribution in [0.25, 0.3) is 0 Å². The molecule has 2 saturated heterocycles. The summed E-state index contributed by atoms with van der Waals surface area (Å²) in [6.07, 6.45) is 0.480. The zero-order chi connectivity index (χ0) is 16.6. The van der Waals surface area contributed by atoms with Gasteiger partial charge in [-0.25, -0.2) is 0 Å². The second kappa shape index (κ2) is 5.88. The predicted molar refractivity (Wildman–Crippen MR) is 84.6 cm³/mol. The minimum absolute atomic E-state index is 0.202. The summed E-state index contributed by atoms with van der Waals surface area (Å²) in [5.41, 5.74) is 0.128. The van der Waals surface area contributed by atoms with E-state index in [1.165, 1.54) is 7.11 Å². The van der Waals surface area contributed by atoms with Crippen molar-refractivity contribution in [2.45, 2.75) is 24.8 Å². The Balaban J connectivity index is 2.09. The number of rotatable bonds is 2. The van der Waals surface area contributed by atoms with Crippen LogP contribution in [0.4, 0.5) is 0 Å². The molecule has 0 saturated carbocycles. The number of methoxy groups -OCH3 is 1. The molecule has 1 aromatic carbocycles. The van der Waals surface area contributed by atoms with Gasteiger partial charge in [0.15, 0.2) is 5.78 Å². The van der Waals surface area contributed by atoms with Gasteiger partial charge in [-0.2, -0.15) is 0 Å². The summed E-state index contributed by atoms with van der Waals surface area (Å²) in [4.78, 5) is 25.3. The zero-order valence-corrected chi connectivity index (χ0v) is 13.6. The van der Waals surface area contributed by atoms with Crippen molar-refractivity contribution in [3.05, 3.63) is 28.3 Å². The minimum atomic E-state index is -0.984. The van der Waals surface area contributed by atoms with Gasteiger partial charge in [-0.3, -0.25) is 9.59 Å². The lowest BCUT2D eigenvalue weighted by atomic mass is 9.86. The molecule has 5 nitrogen and oxygen atoms in total. The van der Waals surface area contributed by atoms with Crippen molar-refractivity contribution < 1.29 is 19.1 Å². The maximum atomic E-state index is 12.9. The smallest absolute Gasteiger partial charge is 0.236 e. The largest absolute Gasteiger partial charge is 0.496 e. The van der Waals surface area contributed by atoms with Gasteiger partial charge < -0.3 is 14.8 Å². The molecule has 1 aromatic rings. The van der Waals surface area contributed by atoms with E-state index in [1.54, 1.807) is 19.1 Å². The first-order chi connectivity index (χ1) is 11.0. The quantitative estimate of drug-likeness (QED) is 0.660. The summed E-state index contributed by atoms with van der Waals surface area (Å²) >= 11 is 6.34. The number of nitrogens with one attached hydrogen (secondary N) is 1. The molecule has 2 aliphatic heterocycles. The van der Waals surface area contributed by atoms with Crippen LogP contribution >= 0.6 is 11.6 Å². The van der Waals surface area contributed by atoms with E-state index >= 15 is 0 Å². The molecule has 23 heavy (non-hydrogen) atoms. The Morgan fingerprint density at radius 3 is 2.83 bits per heavy atom. The molecule has 1 N–H and O–H groups in total. The highest BCUT2D eigenvalue weighted by Gasteiger charge is 2.56. The van der Waals surface area contributed by atoms with Gasteiger partial charge >= 0.3 is 0 Å². The van der Waals surface area contributed by atoms with Crippen LogP contribution in [-0.2, 0) is 14.3 Å². The van der Waals surface area contributed by atoms with Gasteiger partial charge in [-0.15, -0.1) is 5.92 Å². The Labute approximate surface area is 139 Å².